The number of aromatic nitrogens is 1. The SMILES string of the molecule is Cc1ccc(S(=O)(=O)N2CCN(c3nc(-c4ccc(C)c(C)c4)cs3)CC2)cc1. The Bertz CT molecular complexity index is 1110. The fraction of sp³-hybridized carbons (Fsp3) is 0.318. The van der Waals surface area contributed by atoms with E-state index in [4.69, 9.17) is 4.98 Å². The van der Waals surface area contributed by atoms with Crippen LogP contribution in [0.15, 0.2) is 52.7 Å². The van der Waals surface area contributed by atoms with Crippen molar-refractivity contribution < 1.29 is 8.42 Å². The second-order valence-corrected chi connectivity index (χ2v) is 10.3. The lowest BCUT2D eigenvalue weighted by molar-refractivity contribution is 0.385. The molecule has 1 aliphatic heterocycles. The molecule has 0 radical (unpaired) electrons. The van der Waals surface area contributed by atoms with Crippen LogP contribution in [-0.2, 0) is 10.0 Å². The van der Waals surface area contributed by atoms with Gasteiger partial charge >= 0.3 is 0 Å². The van der Waals surface area contributed by atoms with Crippen molar-refractivity contribution in [3.63, 3.8) is 0 Å². The molecule has 0 spiro atoms. The Labute approximate surface area is 176 Å². The molecule has 0 bridgehead atoms. The van der Waals surface area contributed by atoms with Crippen molar-refractivity contribution >= 4 is 26.5 Å². The molecule has 7 heteroatoms. The number of nitrogens with zero attached hydrogens (tertiary/aromatic N) is 3. The Balaban J connectivity index is 1.45. The number of hydrogen-bond acceptors (Lipinski definition) is 5. The summed E-state index contributed by atoms with van der Waals surface area (Å²) in [6.07, 6.45) is 0. The first kappa shape index (κ1) is 20.1. The van der Waals surface area contributed by atoms with E-state index in [1.165, 1.54) is 11.1 Å². The van der Waals surface area contributed by atoms with Crippen molar-refractivity contribution in [1.29, 1.82) is 0 Å². The molecule has 1 aliphatic rings. The molecular weight excluding hydrogens is 402 g/mol. The molecule has 29 heavy (non-hydrogen) atoms. The zero-order valence-electron chi connectivity index (χ0n) is 16.9. The van der Waals surface area contributed by atoms with Crippen LogP contribution in [-0.4, -0.2) is 43.9 Å². The van der Waals surface area contributed by atoms with Gasteiger partial charge in [0.2, 0.25) is 10.0 Å². The van der Waals surface area contributed by atoms with Crippen LogP contribution >= 0.6 is 11.3 Å². The van der Waals surface area contributed by atoms with Crippen LogP contribution < -0.4 is 4.90 Å². The standard InChI is InChI=1S/C22H25N3O2S2/c1-16-4-8-20(9-5-16)29(26,27)25-12-10-24(11-13-25)22-23-21(15-28-22)19-7-6-17(2)18(3)14-19/h4-9,14-15H,10-13H2,1-3H3. The largest absolute Gasteiger partial charge is 0.345 e. The number of hydrogen-bond donors (Lipinski definition) is 0. The third-order valence-corrected chi connectivity index (χ3v) is 8.28. The highest BCUT2D eigenvalue weighted by atomic mass is 32.2. The summed E-state index contributed by atoms with van der Waals surface area (Å²) in [4.78, 5) is 7.35. The molecule has 2 heterocycles. The van der Waals surface area contributed by atoms with Crippen LogP contribution in [0.1, 0.15) is 16.7 Å². The van der Waals surface area contributed by atoms with E-state index < -0.39 is 10.0 Å². The van der Waals surface area contributed by atoms with Crippen LogP contribution in [0.2, 0.25) is 0 Å². The summed E-state index contributed by atoms with van der Waals surface area (Å²) in [6.45, 7) is 8.39. The maximum absolute atomic E-state index is 12.9. The van der Waals surface area contributed by atoms with E-state index in [0.29, 0.717) is 31.1 Å². The Kier molecular flexibility index (Phi) is 5.46. The lowest BCUT2D eigenvalue weighted by Crippen LogP contribution is -2.48. The molecule has 0 saturated carbocycles. The van der Waals surface area contributed by atoms with E-state index in [0.717, 1.165) is 22.0 Å². The van der Waals surface area contributed by atoms with Crippen LogP contribution in [0.3, 0.4) is 0 Å². The summed E-state index contributed by atoms with van der Waals surface area (Å²) in [5.74, 6) is 0. The topological polar surface area (TPSA) is 53.5 Å². The fourth-order valence-electron chi connectivity index (χ4n) is 3.42. The van der Waals surface area contributed by atoms with Crippen molar-refractivity contribution in [3.8, 4) is 11.3 Å². The van der Waals surface area contributed by atoms with Gasteiger partial charge < -0.3 is 4.90 Å². The number of rotatable bonds is 4. The Morgan fingerprint density at radius 3 is 2.24 bits per heavy atom. The third-order valence-electron chi connectivity index (χ3n) is 5.46. The van der Waals surface area contributed by atoms with Crippen molar-refractivity contribution in [3.05, 3.63) is 64.5 Å². The van der Waals surface area contributed by atoms with Crippen molar-refractivity contribution in [2.75, 3.05) is 31.1 Å². The molecule has 0 aliphatic carbocycles. The summed E-state index contributed by atoms with van der Waals surface area (Å²) in [5, 5.41) is 3.03. The summed E-state index contributed by atoms with van der Waals surface area (Å²) in [6, 6.07) is 13.5. The molecule has 0 atom stereocenters. The minimum Gasteiger partial charge on any atom is -0.345 e. The Hall–Kier alpha value is -2.22. The van der Waals surface area contributed by atoms with E-state index in [2.05, 4.69) is 42.3 Å². The normalized spacial score (nSPS) is 15.6. The van der Waals surface area contributed by atoms with Gasteiger partial charge in [0.15, 0.2) is 5.13 Å². The predicted octanol–water partition coefficient (Wildman–Crippen LogP) is 4.25. The van der Waals surface area contributed by atoms with Crippen molar-refractivity contribution in [2.45, 2.75) is 25.7 Å². The van der Waals surface area contributed by atoms with E-state index in [1.807, 2.05) is 19.1 Å². The van der Waals surface area contributed by atoms with E-state index in [-0.39, 0.29) is 0 Å². The molecule has 152 valence electrons. The number of anilines is 1. The monoisotopic (exact) mass is 427 g/mol. The number of benzene rings is 2. The lowest BCUT2D eigenvalue weighted by atomic mass is 10.1. The van der Waals surface area contributed by atoms with Crippen LogP contribution in [0.5, 0.6) is 0 Å². The summed E-state index contributed by atoms with van der Waals surface area (Å²) < 4.78 is 27.3. The minimum atomic E-state index is -3.44. The quantitative estimate of drug-likeness (QED) is 0.625. The average Bonchev–Trinajstić information content (AvgIpc) is 3.21. The van der Waals surface area contributed by atoms with Gasteiger partial charge in [0, 0.05) is 37.1 Å². The molecule has 2 aromatic carbocycles. The molecule has 1 fully saturated rings. The fourth-order valence-corrected chi connectivity index (χ4v) is 5.73. The van der Waals surface area contributed by atoms with Crippen LogP contribution in [0.25, 0.3) is 11.3 Å². The highest BCUT2D eigenvalue weighted by Crippen LogP contribution is 2.30. The second-order valence-electron chi connectivity index (χ2n) is 7.52. The Morgan fingerprint density at radius 2 is 1.59 bits per heavy atom. The van der Waals surface area contributed by atoms with Gasteiger partial charge in [-0.15, -0.1) is 11.3 Å². The van der Waals surface area contributed by atoms with E-state index >= 15 is 0 Å². The summed E-state index contributed by atoms with van der Waals surface area (Å²) >= 11 is 1.61. The smallest absolute Gasteiger partial charge is 0.243 e. The maximum Gasteiger partial charge on any atom is 0.243 e. The number of piperazine rings is 1. The molecule has 1 aromatic heterocycles. The number of thiazole rings is 1. The lowest BCUT2D eigenvalue weighted by Gasteiger charge is -2.33. The second kappa shape index (κ2) is 7.89. The first-order valence-corrected chi connectivity index (χ1v) is 12.0. The molecule has 0 N–H and O–H groups in total. The zero-order valence-corrected chi connectivity index (χ0v) is 18.6. The van der Waals surface area contributed by atoms with Gasteiger partial charge in [-0.2, -0.15) is 4.31 Å². The highest BCUT2D eigenvalue weighted by molar-refractivity contribution is 7.89. The zero-order chi connectivity index (χ0) is 20.6. The van der Waals surface area contributed by atoms with Gasteiger partial charge in [-0.25, -0.2) is 13.4 Å². The first-order valence-electron chi connectivity index (χ1n) is 9.69. The van der Waals surface area contributed by atoms with Crippen molar-refractivity contribution in [2.24, 2.45) is 0 Å². The third kappa shape index (κ3) is 4.08. The molecule has 5 nitrogen and oxygen atoms in total. The molecule has 1 saturated heterocycles. The van der Waals surface area contributed by atoms with E-state index in [9.17, 15) is 8.42 Å². The van der Waals surface area contributed by atoms with Gasteiger partial charge in [-0.1, -0.05) is 29.8 Å². The number of aryl methyl sites for hydroxylation is 3. The van der Waals surface area contributed by atoms with Gasteiger partial charge in [0.1, 0.15) is 0 Å². The van der Waals surface area contributed by atoms with Gasteiger partial charge in [0.25, 0.3) is 0 Å². The average molecular weight is 428 g/mol. The van der Waals surface area contributed by atoms with Gasteiger partial charge in [-0.05, 0) is 50.1 Å². The minimum absolute atomic E-state index is 0.364. The molecular formula is C22H25N3O2S2. The summed E-state index contributed by atoms with van der Waals surface area (Å²) in [7, 11) is -3.44. The van der Waals surface area contributed by atoms with Crippen LogP contribution in [0.4, 0.5) is 5.13 Å². The summed E-state index contributed by atoms with van der Waals surface area (Å²) in [5.41, 5.74) is 5.68. The van der Waals surface area contributed by atoms with Crippen LogP contribution in [0, 0.1) is 20.8 Å². The first-order chi connectivity index (χ1) is 13.8. The van der Waals surface area contributed by atoms with Gasteiger partial charge in [0.05, 0.1) is 10.6 Å². The van der Waals surface area contributed by atoms with E-state index in [1.54, 1.807) is 27.8 Å². The Morgan fingerprint density at radius 1 is 0.897 bits per heavy atom. The molecule has 0 unspecified atom stereocenters. The van der Waals surface area contributed by atoms with Gasteiger partial charge in [-0.3, -0.25) is 0 Å². The highest BCUT2D eigenvalue weighted by Gasteiger charge is 2.29. The maximum atomic E-state index is 12.9. The molecule has 0 amide bonds. The predicted molar refractivity (Wildman–Crippen MR) is 119 cm³/mol. The number of sulfonamides is 1. The molecule has 3 aromatic rings. The van der Waals surface area contributed by atoms with Crippen molar-refractivity contribution in [1.82, 2.24) is 9.29 Å². The molecule has 4 rings (SSSR count).